The first kappa shape index (κ1) is 31.8. The third kappa shape index (κ3) is 6.61. The van der Waals surface area contributed by atoms with Gasteiger partial charge >= 0.3 is 0 Å². The van der Waals surface area contributed by atoms with Crippen molar-refractivity contribution >= 4 is 10.0 Å². The van der Waals surface area contributed by atoms with Crippen molar-refractivity contribution in [1.82, 2.24) is 0 Å². The van der Waals surface area contributed by atoms with Crippen molar-refractivity contribution in [2.45, 2.75) is 131 Å². The van der Waals surface area contributed by atoms with Crippen LogP contribution in [-0.2, 0) is 9.47 Å². The molecule has 0 aromatic rings. The fourth-order valence-electron chi connectivity index (χ4n) is 9.84. The standard InChI is InChI=1S/C27H48O2.C7H18S/c1-18(7-8-19(2)28-5)23-11-12-24-22-10-9-20-17-21(29-6)13-15-26(20,3)25(22)14-16-27(23,24)4;1-5-8(4,6-2)7-3/h18-25H,7-17H2,1-6H3;5-7H2,1-4H3/t18-,19?,20?,21-,22?,23?,24?,25?,26?,27?;/m1./s1. The number of hydrogen-bond donors (Lipinski definition) is 0. The largest absolute Gasteiger partial charge is 0.382 e. The molecule has 0 N–H and O–H groups in total. The molecule has 2 nitrogen and oxygen atoms in total. The van der Waals surface area contributed by atoms with Gasteiger partial charge in [-0.15, -0.1) is 0 Å². The van der Waals surface area contributed by atoms with Crippen molar-refractivity contribution in [2.75, 3.05) is 37.7 Å². The number of fused-ring (bicyclic) bond motifs is 5. The Bertz CT molecular complexity index is 683. The van der Waals surface area contributed by atoms with Crippen LogP contribution in [-0.4, -0.2) is 49.9 Å². The molecule has 10 atom stereocenters. The highest BCUT2D eigenvalue weighted by Crippen LogP contribution is 2.68. The minimum atomic E-state index is -0.153. The van der Waals surface area contributed by atoms with Gasteiger partial charge in [-0.1, -0.05) is 41.5 Å². The van der Waals surface area contributed by atoms with Crippen molar-refractivity contribution in [1.29, 1.82) is 0 Å². The zero-order chi connectivity index (χ0) is 27.4. The van der Waals surface area contributed by atoms with Gasteiger partial charge in [-0.2, -0.15) is 0 Å². The predicted octanol–water partition coefficient (Wildman–Crippen LogP) is 9.59. The molecule has 0 radical (unpaired) electrons. The van der Waals surface area contributed by atoms with Gasteiger partial charge < -0.3 is 9.47 Å². The average molecular weight is 539 g/mol. The second-order valence-corrected chi connectivity index (χ2v) is 19.2. The second-order valence-electron chi connectivity index (χ2n) is 14.5. The highest BCUT2D eigenvalue weighted by Gasteiger charge is 2.60. The van der Waals surface area contributed by atoms with Crippen LogP contribution in [0.1, 0.15) is 119 Å². The van der Waals surface area contributed by atoms with Crippen molar-refractivity contribution in [3.63, 3.8) is 0 Å². The molecule has 4 saturated carbocycles. The van der Waals surface area contributed by atoms with Gasteiger partial charge in [0.1, 0.15) is 0 Å². The van der Waals surface area contributed by atoms with Crippen LogP contribution in [0.15, 0.2) is 0 Å². The fourth-order valence-corrected chi connectivity index (χ4v) is 11.1. The third-order valence-corrected chi connectivity index (χ3v) is 17.4. The fraction of sp³-hybridized carbons (Fsp3) is 1.00. The molecule has 0 aromatic heterocycles. The lowest BCUT2D eigenvalue weighted by Gasteiger charge is -2.61. The normalized spacial score (nSPS) is 41.5. The highest BCUT2D eigenvalue weighted by molar-refractivity contribution is 8.33. The smallest absolute Gasteiger partial charge is 0.0574 e. The Morgan fingerprint density at radius 1 is 0.784 bits per heavy atom. The van der Waals surface area contributed by atoms with E-state index in [-0.39, 0.29) is 10.0 Å². The minimum absolute atomic E-state index is 0.153. The molecule has 0 heterocycles. The van der Waals surface area contributed by atoms with Crippen LogP contribution in [0.4, 0.5) is 0 Å². The monoisotopic (exact) mass is 538 g/mol. The molecule has 4 aliphatic rings. The van der Waals surface area contributed by atoms with Gasteiger partial charge in [0.15, 0.2) is 0 Å². The lowest BCUT2D eigenvalue weighted by molar-refractivity contribution is -0.133. The van der Waals surface area contributed by atoms with Gasteiger partial charge in [-0.3, -0.25) is 0 Å². The lowest BCUT2D eigenvalue weighted by Crippen LogP contribution is -2.54. The van der Waals surface area contributed by atoms with Crippen LogP contribution in [0.25, 0.3) is 0 Å². The van der Waals surface area contributed by atoms with E-state index in [1.54, 1.807) is 0 Å². The van der Waals surface area contributed by atoms with E-state index in [1.807, 2.05) is 14.2 Å². The summed E-state index contributed by atoms with van der Waals surface area (Å²) < 4.78 is 11.3. The Morgan fingerprint density at radius 2 is 1.41 bits per heavy atom. The van der Waals surface area contributed by atoms with Crippen LogP contribution in [0.5, 0.6) is 0 Å². The highest BCUT2D eigenvalue weighted by atomic mass is 32.3. The lowest BCUT2D eigenvalue weighted by atomic mass is 9.44. The summed E-state index contributed by atoms with van der Waals surface area (Å²) in [6, 6.07) is 0. The second kappa shape index (κ2) is 13.3. The predicted molar refractivity (Wildman–Crippen MR) is 166 cm³/mol. The maximum Gasteiger partial charge on any atom is 0.0574 e. The average Bonchev–Trinajstić information content (AvgIpc) is 3.28. The Kier molecular flexibility index (Phi) is 11.4. The van der Waals surface area contributed by atoms with Gasteiger partial charge in [0.2, 0.25) is 0 Å². The zero-order valence-corrected chi connectivity index (χ0v) is 27.6. The van der Waals surface area contributed by atoms with Crippen LogP contribution in [0.2, 0.25) is 0 Å². The van der Waals surface area contributed by atoms with E-state index < -0.39 is 0 Å². The van der Waals surface area contributed by atoms with E-state index in [9.17, 15) is 0 Å². The molecular formula is C34H66O2S. The summed E-state index contributed by atoms with van der Waals surface area (Å²) in [5, 5.41) is 0. The van der Waals surface area contributed by atoms with E-state index in [0.717, 1.165) is 35.5 Å². The molecular weight excluding hydrogens is 472 g/mol. The van der Waals surface area contributed by atoms with Gasteiger partial charge in [0.25, 0.3) is 0 Å². The van der Waals surface area contributed by atoms with Crippen LogP contribution in [0, 0.1) is 46.3 Å². The quantitative estimate of drug-likeness (QED) is 0.291. The molecule has 37 heavy (non-hydrogen) atoms. The summed E-state index contributed by atoms with van der Waals surface area (Å²) in [7, 11) is 3.64. The van der Waals surface area contributed by atoms with E-state index in [1.165, 1.54) is 87.9 Å². The molecule has 0 aliphatic heterocycles. The van der Waals surface area contributed by atoms with Gasteiger partial charge in [0, 0.05) is 14.2 Å². The van der Waals surface area contributed by atoms with Crippen molar-refractivity contribution in [2.24, 2.45) is 46.3 Å². The van der Waals surface area contributed by atoms with E-state index in [2.05, 4.69) is 54.7 Å². The Balaban J connectivity index is 0.000000414. The molecule has 0 spiro atoms. The molecule has 8 unspecified atom stereocenters. The molecule has 4 fully saturated rings. The Labute approximate surface area is 234 Å². The van der Waals surface area contributed by atoms with E-state index in [0.29, 0.717) is 23.0 Å². The molecule has 0 bridgehead atoms. The maximum absolute atomic E-state index is 5.79. The molecule has 0 aromatic carbocycles. The Morgan fingerprint density at radius 3 is 1.97 bits per heavy atom. The van der Waals surface area contributed by atoms with E-state index >= 15 is 0 Å². The summed E-state index contributed by atoms with van der Waals surface area (Å²) in [6.45, 7) is 17.1. The number of rotatable bonds is 9. The summed E-state index contributed by atoms with van der Waals surface area (Å²) in [6.07, 6.45) is 18.9. The molecule has 0 amide bonds. The maximum atomic E-state index is 5.79. The van der Waals surface area contributed by atoms with Crippen LogP contribution in [0.3, 0.4) is 0 Å². The first-order valence-corrected chi connectivity index (χ1v) is 18.8. The van der Waals surface area contributed by atoms with Crippen molar-refractivity contribution < 1.29 is 9.47 Å². The van der Waals surface area contributed by atoms with Crippen LogP contribution < -0.4 is 0 Å². The van der Waals surface area contributed by atoms with Crippen molar-refractivity contribution in [3.05, 3.63) is 0 Å². The SMILES string of the molecule is CCS(C)(CC)CC.COC(C)CC[C@@H](C)C1CCC2C3CCC4C[C@H](OC)CCC4(C)C3CCC21C. The molecule has 3 heteroatoms. The summed E-state index contributed by atoms with van der Waals surface area (Å²) in [5.41, 5.74) is 1.20. The van der Waals surface area contributed by atoms with Crippen molar-refractivity contribution in [3.8, 4) is 0 Å². The zero-order valence-electron chi connectivity index (χ0n) is 26.7. The molecule has 0 saturated heterocycles. The third-order valence-electron chi connectivity index (χ3n) is 13.2. The molecule has 4 aliphatic carbocycles. The number of ether oxygens (including phenoxy) is 2. The number of hydrogen-bond acceptors (Lipinski definition) is 2. The first-order valence-electron chi connectivity index (χ1n) is 16.3. The summed E-state index contributed by atoms with van der Waals surface area (Å²) in [5.74, 6) is 9.89. The summed E-state index contributed by atoms with van der Waals surface area (Å²) >= 11 is 0. The number of methoxy groups -OCH3 is 2. The van der Waals surface area contributed by atoms with Gasteiger partial charge in [-0.05, 0) is 147 Å². The molecule has 4 rings (SSSR count). The van der Waals surface area contributed by atoms with Gasteiger partial charge in [-0.25, -0.2) is 10.0 Å². The minimum Gasteiger partial charge on any atom is -0.382 e. The summed E-state index contributed by atoms with van der Waals surface area (Å²) in [4.78, 5) is 0. The van der Waals surface area contributed by atoms with Crippen LogP contribution >= 0.6 is 10.0 Å². The van der Waals surface area contributed by atoms with E-state index in [4.69, 9.17) is 9.47 Å². The topological polar surface area (TPSA) is 18.5 Å². The molecule has 220 valence electrons. The first-order chi connectivity index (χ1) is 17.5. The Hall–Kier alpha value is 0.270. The van der Waals surface area contributed by atoms with Gasteiger partial charge in [0.05, 0.1) is 12.2 Å².